The predicted molar refractivity (Wildman–Crippen MR) is 163 cm³/mol. The Morgan fingerprint density at radius 1 is 0.860 bits per heavy atom. The van der Waals surface area contributed by atoms with Crippen molar-refractivity contribution in [2.75, 3.05) is 26.2 Å². The molecule has 9 heteroatoms. The maximum atomic E-state index is 10.3. The molecule has 9 nitrogen and oxygen atoms in total. The predicted octanol–water partition coefficient (Wildman–Crippen LogP) is 5.43. The fourth-order valence-corrected chi connectivity index (χ4v) is 6.60. The van der Waals surface area contributed by atoms with Crippen molar-refractivity contribution in [2.45, 2.75) is 83.2 Å². The van der Waals surface area contributed by atoms with Gasteiger partial charge in [-0.05, 0) is 66.6 Å². The minimum Gasteiger partial charge on any atom is -0.492 e. The minimum atomic E-state index is -2.74. The molecule has 0 heterocycles. The molecule has 0 amide bonds. The third-order valence-corrected chi connectivity index (χ3v) is 8.92. The Balaban J connectivity index is 0.000000331. The van der Waals surface area contributed by atoms with Gasteiger partial charge in [-0.2, -0.15) is 0 Å². The number of likely N-dealkylation sites (N-methyl/N-ethyl adjacent to an activating group) is 1. The normalized spacial score (nSPS) is 18.7. The highest BCUT2D eigenvalue weighted by Crippen LogP contribution is 2.48. The summed E-state index contributed by atoms with van der Waals surface area (Å²) in [4.78, 5) is 32.9. The standard InChI is InChI=1S/C28H39NO.C6H8O7/c1-3-29(4-2)20-21-30-25-17-14-24(15-18-25)28-26-13-9-8-12-23(26)16-19-27(28)22-10-6-5-7-11-22;7-3(8)1-6(13,5(11)12)2-4(9)10/h8-9,12-15,17-18,22,27-28H,3-7,10-11,16,19-21H2,1-2H3;13H,1-2H2,(H,7,8)(H,9,10)(H,11,12). The van der Waals surface area contributed by atoms with Crippen molar-refractivity contribution < 1.29 is 39.5 Å². The molecule has 0 aliphatic heterocycles. The van der Waals surface area contributed by atoms with E-state index < -0.39 is 36.4 Å². The monoisotopic (exact) mass is 597 g/mol. The Labute approximate surface area is 254 Å². The minimum absolute atomic E-state index is 0.544. The molecular weight excluding hydrogens is 550 g/mol. The van der Waals surface area contributed by atoms with Gasteiger partial charge in [-0.15, -0.1) is 0 Å². The van der Waals surface area contributed by atoms with Crippen molar-refractivity contribution >= 4 is 17.9 Å². The summed E-state index contributed by atoms with van der Waals surface area (Å²) in [5.74, 6) is -1.79. The van der Waals surface area contributed by atoms with Crippen LogP contribution in [-0.2, 0) is 20.8 Å². The second-order valence-electron chi connectivity index (χ2n) is 11.7. The Bertz CT molecular complexity index is 1170. The molecule has 0 bridgehead atoms. The lowest BCUT2D eigenvalue weighted by Crippen LogP contribution is -2.42. The summed E-state index contributed by atoms with van der Waals surface area (Å²) < 4.78 is 6.05. The number of hydrogen-bond donors (Lipinski definition) is 4. The molecular formula is C34H47NO8. The van der Waals surface area contributed by atoms with Gasteiger partial charge < -0.3 is 30.1 Å². The molecule has 1 saturated carbocycles. The lowest BCUT2D eigenvalue weighted by molar-refractivity contribution is -0.170. The van der Waals surface area contributed by atoms with E-state index in [0.29, 0.717) is 5.92 Å². The van der Waals surface area contributed by atoms with Gasteiger partial charge in [0, 0.05) is 12.5 Å². The van der Waals surface area contributed by atoms with E-state index in [1.807, 2.05) is 0 Å². The molecule has 236 valence electrons. The van der Waals surface area contributed by atoms with Crippen LogP contribution < -0.4 is 4.74 Å². The molecule has 2 aliphatic rings. The molecule has 2 aromatic carbocycles. The van der Waals surface area contributed by atoms with Crippen LogP contribution in [0, 0.1) is 11.8 Å². The summed E-state index contributed by atoms with van der Waals surface area (Å²) in [6.45, 7) is 8.35. The summed E-state index contributed by atoms with van der Waals surface area (Å²) in [6, 6.07) is 18.3. The maximum absolute atomic E-state index is 10.3. The molecule has 0 saturated heterocycles. The fourth-order valence-electron chi connectivity index (χ4n) is 6.60. The first-order valence-electron chi connectivity index (χ1n) is 15.5. The third kappa shape index (κ3) is 9.79. The highest BCUT2D eigenvalue weighted by molar-refractivity contribution is 5.88. The molecule has 2 aromatic rings. The van der Waals surface area contributed by atoms with Gasteiger partial charge in [-0.25, -0.2) is 4.79 Å². The molecule has 4 rings (SSSR count). The number of nitrogens with zero attached hydrogens (tertiary/aromatic N) is 1. The fraction of sp³-hybridized carbons (Fsp3) is 0.559. The Kier molecular flexibility index (Phi) is 13.0. The molecule has 1 fully saturated rings. The van der Waals surface area contributed by atoms with Crippen molar-refractivity contribution in [2.24, 2.45) is 11.8 Å². The third-order valence-electron chi connectivity index (χ3n) is 8.92. The molecule has 0 spiro atoms. The first-order valence-corrected chi connectivity index (χ1v) is 15.5. The number of ether oxygens (including phenoxy) is 1. The van der Waals surface area contributed by atoms with Gasteiger partial charge in [0.05, 0.1) is 12.8 Å². The lowest BCUT2D eigenvalue weighted by Gasteiger charge is -2.40. The van der Waals surface area contributed by atoms with Crippen molar-refractivity contribution in [3.63, 3.8) is 0 Å². The number of carboxylic acids is 3. The van der Waals surface area contributed by atoms with E-state index in [1.54, 1.807) is 11.1 Å². The number of rotatable bonds is 13. The molecule has 0 radical (unpaired) electrons. The van der Waals surface area contributed by atoms with Crippen LogP contribution in [0.5, 0.6) is 5.75 Å². The van der Waals surface area contributed by atoms with Crippen LogP contribution in [0.4, 0.5) is 0 Å². The van der Waals surface area contributed by atoms with Gasteiger partial charge in [-0.1, -0.05) is 82.3 Å². The quantitative estimate of drug-likeness (QED) is 0.237. The second-order valence-corrected chi connectivity index (χ2v) is 11.7. The van der Waals surface area contributed by atoms with Gasteiger partial charge in [0.15, 0.2) is 5.60 Å². The van der Waals surface area contributed by atoms with E-state index in [2.05, 4.69) is 67.3 Å². The first-order chi connectivity index (χ1) is 20.6. The van der Waals surface area contributed by atoms with E-state index in [1.165, 1.54) is 50.5 Å². The van der Waals surface area contributed by atoms with E-state index in [-0.39, 0.29) is 0 Å². The highest BCUT2D eigenvalue weighted by atomic mass is 16.5. The van der Waals surface area contributed by atoms with Gasteiger partial charge in [0.1, 0.15) is 12.4 Å². The van der Waals surface area contributed by atoms with Crippen LogP contribution >= 0.6 is 0 Å². The molecule has 43 heavy (non-hydrogen) atoms. The van der Waals surface area contributed by atoms with Gasteiger partial charge >= 0.3 is 17.9 Å². The summed E-state index contributed by atoms with van der Waals surface area (Å²) in [7, 11) is 0. The van der Waals surface area contributed by atoms with Crippen LogP contribution in [-0.4, -0.2) is 75.1 Å². The van der Waals surface area contributed by atoms with Crippen molar-refractivity contribution in [3.8, 4) is 5.75 Å². The number of carbonyl (C=O) groups is 3. The van der Waals surface area contributed by atoms with E-state index in [9.17, 15) is 14.4 Å². The van der Waals surface area contributed by atoms with Crippen LogP contribution in [0.25, 0.3) is 0 Å². The maximum Gasteiger partial charge on any atom is 0.336 e. The van der Waals surface area contributed by atoms with E-state index in [0.717, 1.165) is 43.8 Å². The zero-order chi connectivity index (χ0) is 31.4. The van der Waals surface area contributed by atoms with E-state index >= 15 is 0 Å². The van der Waals surface area contributed by atoms with E-state index in [4.69, 9.17) is 25.2 Å². The highest BCUT2D eigenvalue weighted by Gasteiger charge is 2.41. The largest absolute Gasteiger partial charge is 0.492 e. The molecule has 4 N–H and O–H groups in total. The number of aliphatic carboxylic acids is 3. The Morgan fingerprint density at radius 2 is 1.47 bits per heavy atom. The summed E-state index contributed by atoms with van der Waals surface area (Å²) in [6.07, 6.45) is 7.44. The molecule has 0 aromatic heterocycles. The van der Waals surface area contributed by atoms with Crippen molar-refractivity contribution in [1.29, 1.82) is 0 Å². The number of fused-ring (bicyclic) bond motifs is 1. The average molecular weight is 598 g/mol. The molecule has 2 aliphatic carbocycles. The zero-order valence-corrected chi connectivity index (χ0v) is 25.4. The lowest BCUT2D eigenvalue weighted by atomic mass is 9.64. The summed E-state index contributed by atoms with van der Waals surface area (Å²) in [5, 5.41) is 33.8. The number of aryl methyl sites for hydroxylation is 1. The number of aliphatic hydroxyl groups is 1. The summed E-state index contributed by atoms with van der Waals surface area (Å²) in [5.41, 5.74) is 1.88. The SMILES string of the molecule is CCN(CC)CCOc1ccc(C2c3ccccc3CCC2C2CCCCC2)cc1.O=C(O)CC(O)(CC(=O)O)C(=O)O. The number of benzene rings is 2. The summed E-state index contributed by atoms with van der Waals surface area (Å²) >= 11 is 0. The smallest absolute Gasteiger partial charge is 0.336 e. The molecule has 2 unspecified atom stereocenters. The Hall–Kier alpha value is -3.43. The van der Waals surface area contributed by atoms with Gasteiger partial charge in [-0.3, -0.25) is 9.59 Å². The van der Waals surface area contributed by atoms with Crippen LogP contribution in [0.2, 0.25) is 0 Å². The topological polar surface area (TPSA) is 145 Å². The molecule has 2 atom stereocenters. The number of carboxylic acid groups (broad SMARTS) is 3. The second kappa shape index (κ2) is 16.4. The van der Waals surface area contributed by atoms with Crippen molar-refractivity contribution in [3.05, 3.63) is 65.2 Å². The van der Waals surface area contributed by atoms with Crippen LogP contribution in [0.1, 0.15) is 87.8 Å². The van der Waals surface area contributed by atoms with Crippen LogP contribution in [0.15, 0.2) is 48.5 Å². The zero-order valence-electron chi connectivity index (χ0n) is 25.4. The van der Waals surface area contributed by atoms with Gasteiger partial charge in [0.25, 0.3) is 0 Å². The average Bonchev–Trinajstić information content (AvgIpc) is 2.99. The van der Waals surface area contributed by atoms with Crippen LogP contribution in [0.3, 0.4) is 0 Å². The van der Waals surface area contributed by atoms with Crippen molar-refractivity contribution in [1.82, 2.24) is 4.90 Å². The van der Waals surface area contributed by atoms with Gasteiger partial charge in [0.2, 0.25) is 0 Å². The number of hydrogen-bond acceptors (Lipinski definition) is 6. The first kappa shape index (κ1) is 34.1. The Morgan fingerprint density at radius 3 is 2.02 bits per heavy atom.